The zero-order chi connectivity index (χ0) is 6.28. The first kappa shape index (κ1) is 9.53. The SMILES string of the molecule is N#N.O=C(O)CS. The van der Waals surface area contributed by atoms with Gasteiger partial charge in [-0.1, -0.05) is 0 Å². The van der Waals surface area contributed by atoms with Crippen molar-refractivity contribution in [1.82, 2.24) is 0 Å². The molecule has 0 unspecified atom stereocenters. The van der Waals surface area contributed by atoms with Crippen molar-refractivity contribution in [2.75, 3.05) is 5.75 Å². The lowest BCUT2D eigenvalue weighted by Gasteiger charge is -1.71. The van der Waals surface area contributed by atoms with Gasteiger partial charge < -0.3 is 5.11 Å². The van der Waals surface area contributed by atoms with Crippen LogP contribution < -0.4 is 0 Å². The summed E-state index contributed by atoms with van der Waals surface area (Å²) < 4.78 is 0. The van der Waals surface area contributed by atoms with E-state index in [1.54, 1.807) is 0 Å². The molecule has 0 saturated carbocycles. The van der Waals surface area contributed by atoms with Crippen molar-refractivity contribution in [3.63, 3.8) is 0 Å². The first-order valence-electron chi connectivity index (χ1n) is 1.30. The van der Waals surface area contributed by atoms with Crippen LogP contribution in [0.25, 0.3) is 0 Å². The Bertz CT molecular complexity index is 71.3. The van der Waals surface area contributed by atoms with Crippen molar-refractivity contribution < 1.29 is 9.90 Å². The Morgan fingerprint density at radius 1 is 1.71 bits per heavy atom. The number of carboxylic acids is 1. The lowest BCUT2D eigenvalue weighted by molar-refractivity contribution is -0.133. The summed E-state index contributed by atoms with van der Waals surface area (Å²) in [5.74, 6) is -0.965. The maximum Gasteiger partial charge on any atom is 0.313 e. The molecule has 0 aromatic heterocycles. The molecule has 5 heteroatoms. The monoisotopic (exact) mass is 120 g/mol. The fourth-order valence-electron chi connectivity index (χ4n) is 0. The fourth-order valence-corrected chi connectivity index (χ4v) is 0. The molecule has 40 valence electrons. The summed E-state index contributed by atoms with van der Waals surface area (Å²) in [7, 11) is 0. The predicted molar refractivity (Wildman–Crippen MR) is 24.9 cm³/mol. The van der Waals surface area contributed by atoms with Crippen LogP contribution in [-0.2, 0) is 4.79 Å². The van der Waals surface area contributed by atoms with E-state index in [-0.39, 0.29) is 5.75 Å². The van der Waals surface area contributed by atoms with Gasteiger partial charge in [-0.25, -0.2) is 0 Å². The Balaban J connectivity index is 0. The zero-order valence-corrected chi connectivity index (χ0v) is 4.30. The van der Waals surface area contributed by atoms with Crippen LogP contribution in [0.5, 0.6) is 0 Å². The van der Waals surface area contributed by atoms with Gasteiger partial charge >= 0.3 is 5.97 Å². The number of thiol groups is 1. The summed E-state index contributed by atoms with van der Waals surface area (Å²) in [5.41, 5.74) is 0. The molecule has 4 nitrogen and oxygen atoms in total. The van der Waals surface area contributed by atoms with Gasteiger partial charge in [-0.15, -0.1) is 0 Å². The Labute approximate surface area is 46.0 Å². The highest BCUT2D eigenvalue weighted by Gasteiger charge is 1.81. The molecule has 0 amide bonds. The minimum Gasteiger partial charge on any atom is -0.481 e. The van der Waals surface area contributed by atoms with E-state index in [0.29, 0.717) is 0 Å². The maximum absolute atomic E-state index is 9.29. The van der Waals surface area contributed by atoms with Crippen molar-refractivity contribution in [1.29, 1.82) is 10.8 Å². The molecule has 0 fully saturated rings. The van der Waals surface area contributed by atoms with Gasteiger partial charge in [0.25, 0.3) is 0 Å². The van der Waals surface area contributed by atoms with Gasteiger partial charge in [0.15, 0.2) is 0 Å². The minimum atomic E-state index is -0.881. The van der Waals surface area contributed by atoms with Crippen LogP contribution in [0, 0.1) is 10.8 Å². The molecule has 1 N–H and O–H groups in total. The molecule has 0 aliphatic heterocycles. The van der Waals surface area contributed by atoms with Crippen LogP contribution in [0.4, 0.5) is 0 Å². The average Bonchev–Trinajstić information content (AvgIpc) is 1.73. The van der Waals surface area contributed by atoms with Crippen LogP contribution in [0.2, 0.25) is 0 Å². The zero-order valence-electron chi connectivity index (χ0n) is 3.40. The molecule has 0 radical (unpaired) electrons. The third-order valence-electron chi connectivity index (χ3n) is 0.135. The number of carboxylic acid groups (broad SMARTS) is 1. The Hall–Kier alpha value is -0.760. The third kappa shape index (κ3) is 35.8. The third-order valence-corrected chi connectivity index (χ3v) is 0.406. The molecular formula is C2H4N2O2S. The predicted octanol–water partition coefficient (Wildman–Crippen LogP) is 0.0310. The van der Waals surface area contributed by atoms with Gasteiger partial charge in [0.2, 0.25) is 0 Å². The largest absolute Gasteiger partial charge is 0.481 e. The lowest BCUT2D eigenvalue weighted by Crippen LogP contribution is -1.92. The summed E-state index contributed by atoms with van der Waals surface area (Å²) >= 11 is 3.42. The summed E-state index contributed by atoms with van der Waals surface area (Å²) in [4.78, 5) is 9.29. The number of carbonyl (C=O) groups is 1. The molecular weight excluding hydrogens is 116 g/mol. The second-order valence-corrected chi connectivity index (χ2v) is 0.868. The number of rotatable bonds is 1. The molecule has 7 heavy (non-hydrogen) atoms. The number of hydrogen-bond donors (Lipinski definition) is 2. The van der Waals surface area contributed by atoms with E-state index in [9.17, 15) is 4.79 Å². The van der Waals surface area contributed by atoms with Gasteiger partial charge in [-0.3, -0.25) is 4.79 Å². The van der Waals surface area contributed by atoms with E-state index in [0.717, 1.165) is 0 Å². The van der Waals surface area contributed by atoms with E-state index in [1.165, 1.54) is 0 Å². The molecule has 0 atom stereocenters. The standard InChI is InChI=1S/C2H4O2S.N2/c3-2(4)1-5;1-2/h5H,1H2,(H,3,4);. The van der Waals surface area contributed by atoms with Gasteiger partial charge in [-0.2, -0.15) is 12.6 Å². The van der Waals surface area contributed by atoms with Crippen molar-refractivity contribution in [3.8, 4) is 0 Å². The van der Waals surface area contributed by atoms with Crippen molar-refractivity contribution in [2.45, 2.75) is 0 Å². The molecule has 0 saturated heterocycles. The van der Waals surface area contributed by atoms with E-state index in [2.05, 4.69) is 12.6 Å². The highest BCUT2D eigenvalue weighted by molar-refractivity contribution is 7.81. The number of nitrogens with zero attached hydrogens (tertiary/aromatic N) is 2. The van der Waals surface area contributed by atoms with Gasteiger partial charge in [0.1, 0.15) is 0 Å². The first-order valence-corrected chi connectivity index (χ1v) is 1.93. The van der Waals surface area contributed by atoms with Crippen LogP contribution >= 0.6 is 12.6 Å². The molecule has 0 spiro atoms. The van der Waals surface area contributed by atoms with E-state index >= 15 is 0 Å². The van der Waals surface area contributed by atoms with Crippen LogP contribution in [0.15, 0.2) is 0 Å². The van der Waals surface area contributed by atoms with Crippen LogP contribution in [0.3, 0.4) is 0 Å². The average molecular weight is 120 g/mol. The second kappa shape index (κ2) is 8.97. The highest BCUT2D eigenvalue weighted by atomic mass is 32.1. The van der Waals surface area contributed by atoms with Crippen LogP contribution in [-0.4, -0.2) is 16.8 Å². The molecule has 0 aromatic rings. The summed E-state index contributed by atoms with van der Waals surface area (Å²) in [6, 6.07) is 0. The Morgan fingerprint density at radius 3 is 1.86 bits per heavy atom. The minimum absolute atomic E-state index is 0.0833. The smallest absolute Gasteiger partial charge is 0.313 e. The summed E-state index contributed by atoms with van der Waals surface area (Å²) in [6.07, 6.45) is 0. The van der Waals surface area contributed by atoms with Gasteiger partial charge in [0, 0.05) is 10.8 Å². The molecule has 0 heterocycles. The fraction of sp³-hybridized carbons (Fsp3) is 0.500. The number of aliphatic carboxylic acids is 1. The van der Waals surface area contributed by atoms with E-state index < -0.39 is 5.97 Å². The van der Waals surface area contributed by atoms with Crippen molar-refractivity contribution in [3.05, 3.63) is 0 Å². The van der Waals surface area contributed by atoms with Crippen LogP contribution in [0.1, 0.15) is 0 Å². The van der Waals surface area contributed by atoms with E-state index in [4.69, 9.17) is 15.9 Å². The van der Waals surface area contributed by atoms with Crippen molar-refractivity contribution in [2.24, 2.45) is 0 Å². The Kier molecular flexibility index (Phi) is 12.2. The quantitative estimate of drug-likeness (QED) is 0.377. The van der Waals surface area contributed by atoms with Gasteiger partial charge in [-0.05, 0) is 0 Å². The van der Waals surface area contributed by atoms with Crippen molar-refractivity contribution >= 4 is 18.6 Å². The molecule has 0 rings (SSSR count). The first-order chi connectivity index (χ1) is 3.27. The molecule has 0 aromatic carbocycles. The highest BCUT2D eigenvalue weighted by Crippen LogP contribution is 1.66. The summed E-state index contributed by atoms with van der Waals surface area (Å²) in [5, 5.41) is 19.6. The molecule has 0 aliphatic carbocycles. The van der Waals surface area contributed by atoms with E-state index in [1.807, 2.05) is 0 Å². The molecule has 0 aliphatic rings. The second-order valence-electron chi connectivity index (χ2n) is 0.552. The summed E-state index contributed by atoms with van der Waals surface area (Å²) in [6.45, 7) is 0. The van der Waals surface area contributed by atoms with Gasteiger partial charge in [0.05, 0.1) is 5.75 Å². The Morgan fingerprint density at radius 2 is 1.86 bits per heavy atom. The maximum atomic E-state index is 9.29. The number of hydrogen-bond acceptors (Lipinski definition) is 4. The molecule has 0 bridgehead atoms. The lowest BCUT2D eigenvalue weighted by atomic mass is 10.8. The normalized spacial score (nSPS) is 5.57. The topological polar surface area (TPSA) is 84.9 Å².